The fraction of sp³-hybridized carbons (Fsp3) is 0.200. The van der Waals surface area contributed by atoms with Gasteiger partial charge in [-0.15, -0.1) is 0 Å². The molecule has 1 rings (SSSR count). The molecule has 0 aliphatic carbocycles. The minimum absolute atomic E-state index is 1.24. The maximum Gasteiger partial charge on any atom is 0.0433 e. The summed E-state index contributed by atoms with van der Waals surface area (Å²) in [4.78, 5) is 0. The second kappa shape index (κ2) is 3.24. The number of allylic oxidation sites excluding steroid dienone is 2. The van der Waals surface area contributed by atoms with Gasteiger partial charge in [-0.1, -0.05) is 18.7 Å². The predicted octanol–water partition coefficient (Wildman–Crippen LogP) is 2.53. The molecule has 0 aliphatic heterocycles. The van der Waals surface area contributed by atoms with Crippen molar-refractivity contribution in [2.45, 2.75) is 6.92 Å². The van der Waals surface area contributed by atoms with Gasteiger partial charge in [0.25, 0.3) is 0 Å². The van der Waals surface area contributed by atoms with Crippen LogP contribution in [-0.2, 0) is 7.05 Å². The second-order valence-electron chi connectivity index (χ2n) is 2.59. The Morgan fingerprint density at radius 2 is 2.27 bits per heavy atom. The van der Waals surface area contributed by atoms with Crippen LogP contribution < -0.4 is 0 Å². The maximum atomic E-state index is 3.62. The van der Waals surface area contributed by atoms with Crippen molar-refractivity contribution in [2.75, 3.05) is 0 Å². The number of hydrogen-bond acceptors (Lipinski definition) is 0. The summed E-state index contributed by atoms with van der Waals surface area (Å²) in [5.74, 6) is 0. The van der Waals surface area contributed by atoms with Crippen molar-refractivity contribution in [2.24, 2.45) is 7.05 Å². The van der Waals surface area contributed by atoms with E-state index in [9.17, 15) is 0 Å². The highest BCUT2D eigenvalue weighted by molar-refractivity contribution is 5.51. The van der Waals surface area contributed by atoms with Gasteiger partial charge in [-0.3, -0.25) is 0 Å². The zero-order valence-electron chi connectivity index (χ0n) is 7.04. The highest BCUT2D eigenvalue weighted by Gasteiger charge is 1.95. The van der Waals surface area contributed by atoms with Crippen molar-refractivity contribution < 1.29 is 0 Å². The lowest BCUT2D eigenvalue weighted by Gasteiger charge is -1.96. The van der Waals surface area contributed by atoms with E-state index in [4.69, 9.17) is 0 Å². The average Bonchev–Trinajstić information content (AvgIpc) is 2.29. The van der Waals surface area contributed by atoms with E-state index >= 15 is 0 Å². The number of hydrogen-bond donors (Lipinski definition) is 0. The van der Waals surface area contributed by atoms with Crippen LogP contribution in [0.4, 0.5) is 0 Å². The molecule has 0 spiro atoms. The Labute approximate surface area is 67.7 Å². The largest absolute Gasteiger partial charge is 0.351 e. The molecule has 58 valence electrons. The number of aryl methyl sites for hydroxylation is 2. The van der Waals surface area contributed by atoms with E-state index in [1.54, 1.807) is 6.08 Å². The molecule has 0 unspecified atom stereocenters. The zero-order valence-corrected chi connectivity index (χ0v) is 7.04. The summed E-state index contributed by atoms with van der Waals surface area (Å²) in [5, 5.41) is 0. The van der Waals surface area contributed by atoms with Gasteiger partial charge in [0.1, 0.15) is 0 Å². The highest BCUT2D eigenvalue weighted by Crippen LogP contribution is 2.09. The van der Waals surface area contributed by atoms with Crippen molar-refractivity contribution >= 4 is 6.08 Å². The summed E-state index contributed by atoms with van der Waals surface area (Å²) in [6.07, 6.45) is 7.84. The molecule has 11 heavy (non-hydrogen) atoms. The normalized spacial score (nSPS) is 10.7. The van der Waals surface area contributed by atoms with E-state index in [1.807, 2.05) is 13.1 Å². The fourth-order valence-corrected chi connectivity index (χ4v) is 1.08. The average molecular weight is 147 g/mol. The summed E-state index contributed by atoms with van der Waals surface area (Å²) in [7, 11) is 2.04. The molecule has 0 fully saturated rings. The molecule has 1 nitrogen and oxygen atoms in total. The van der Waals surface area contributed by atoms with Crippen LogP contribution in [0.5, 0.6) is 0 Å². The third-order valence-corrected chi connectivity index (χ3v) is 1.72. The van der Waals surface area contributed by atoms with Crippen LogP contribution in [0.3, 0.4) is 0 Å². The van der Waals surface area contributed by atoms with E-state index in [-0.39, 0.29) is 0 Å². The number of rotatable bonds is 2. The molecule has 0 radical (unpaired) electrons. The van der Waals surface area contributed by atoms with Crippen molar-refractivity contribution in [3.63, 3.8) is 0 Å². The number of aromatic nitrogens is 1. The molecule has 1 aromatic heterocycles. The topological polar surface area (TPSA) is 4.93 Å². The Balaban J connectivity index is 3.00. The predicted molar refractivity (Wildman–Crippen MR) is 49.4 cm³/mol. The third-order valence-electron chi connectivity index (χ3n) is 1.72. The zero-order chi connectivity index (χ0) is 8.27. The Hall–Kier alpha value is -1.24. The van der Waals surface area contributed by atoms with E-state index in [0.717, 1.165) is 0 Å². The summed E-state index contributed by atoms with van der Waals surface area (Å²) in [5.41, 5.74) is 2.54. The van der Waals surface area contributed by atoms with E-state index < -0.39 is 0 Å². The molecule has 0 amide bonds. The highest BCUT2D eigenvalue weighted by atomic mass is 14.9. The minimum atomic E-state index is 1.24. The molecule has 0 saturated carbocycles. The van der Waals surface area contributed by atoms with Crippen LogP contribution in [0.2, 0.25) is 0 Å². The molecule has 1 heteroatoms. The van der Waals surface area contributed by atoms with Crippen LogP contribution in [0, 0.1) is 6.92 Å². The Morgan fingerprint density at radius 1 is 1.55 bits per heavy atom. The van der Waals surface area contributed by atoms with Gasteiger partial charge in [0.2, 0.25) is 0 Å². The molecule has 0 N–H and O–H groups in total. The summed E-state index contributed by atoms with van der Waals surface area (Å²) in [6, 6.07) is 2.10. The maximum absolute atomic E-state index is 3.62. The fourth-order valence-electron chi connectivity index (χ4n) is 1.08. The van der Waals surface area contributed by atoms with Gasteiger partial charge in [-0.25, -0.2) is 0 Å². The van der Waals surface area contributed by atoms with Gasteiger partial charge < -0.3 is 4.57 Å². The van der Waals surface area contributed by atoms with Crippen LogP contribution in [0.25, 0.3) is 6.08 Å². The van der Waals surface area contributed by atoms with Gasteiger partial charge >= 0.3 is 0 Å². The molecule has 0 atom stereocenters. The van der Waals surface area contributed by atoms with Crippen molar-refractivity contribution in [3.8, 4) is 0 Å². The molecule has 1 heterocycles. The van der Waals surface area contributed by atoms with Crippen LogP contribution in [0.1, 0.15) is 11.3 Å². The molecular formula is C10H13N. The van der Waals surface area contributed by atoms with Gasteiger partial charge in [0.15, 0.2) is 0 Å². The number of nitrogens with zero attached hydrogens (tertiary/aromatic N) is 1. The van der Waals surface area contributed by atoms with Gasteiger partial charge in [-0.05, 0) is 24.6 Å². The Morgan fingerprint density at radius 3 is 2.73 bits per heavy atom. The van der Waals surface area contributed by atoms with Gasteiger partial charge in [-0.2, -0.15) is 0 Å². The lowest BCUT2D eigenvalue weighted by molar-refractivity contribution is 0.911. The van der Waals surface area contributed by atoms with Crippen LogP contribution >= 0.6 is 0 Å². The molecule has 1 aromatic rings. The van der Waals surface area contributed by atoms with Crippen molar-refractivity contribution in [1.29, 1.82) is 0 Å². The Bertz CT molecular complexity index is 260. The molecular weight excluding hydrogens is 134 g/mol. The first-order chi connectivity index (χ1) is 5.25. The lowest BCUT2D eigenvalue weighted by atomic mass is 10.2. The van der Waals surface area contributed by atoms with Crippen molar-refractivity contribution in [1.82, 2.24) is 4.57 Å². The van der Waals surface area contributed by atoms with Gasteiger partial charge in [0.05, 0.1) is 0 Å². The van der Waals surface area contributed by atoms with E-state index in [0.29, 0.717) is 0 Å². The first-order valence-corrected chi connectivity index (χ1v) is 3.66. The SMILES string of the molecule is C=C/C=C\c1c(C)ccn1C. The first kappa shape index (κ1) is 7.86. The molecule has 0 aromatic carbocycles. The van der Waals surface area contributed by atoms with E-state index in [1.165, 1.54) is 11.3 Å². The minimum Gasteiger partial charge on any atom is -0.351 e. The standard InChI is InChI=1S/C10H13N/c1-4-5-6-10-9(2)7-8-11(10)3/h4-8H,1H2,2-3H3/b6-5-. The first-order valence-electron chi connectivity index (χ1n) is 3.66. The third kappa shape index (κ3) is 1.61. The molecule has 0 aliphatic rings. The van der Waals surface area contributed by atoms with E-state index in [2.05, 4.69) is 36.4 Å². The van der Waals surface area contributed by atoms with Crippen LogP contribution in [0.15, 0.2) is 31.0 Å². The van der Waals surface area contributed by atoms with Crippen LogP contribution in [-0.4, -0.2) is 4.57 Å². The Kier molecular flexibility index (Phi) is 2.32. The second-order valence-corrected chi connectivity index (χ2v) is 2.59. The smallest absolute Gasteiger partial charge is 0.0433 e. The summed E-state index contributed by atoms with van der Waals surface area (Å²) >= 11 is 0. The summed E-state index contributed by atoms with van der Waals surface area (Å²) < 4.78 is 2.09. The molecule has 0 saturated heterocycles. The van der Waals surface area contributed by atoms with Crippen molar-refractivity contribution in [3.05, 3.63) is 42.3 Å². The quantitative estimate of drug-likeness (QED) is 0.566. The monoisotopic (exact) mass is 147 g/mol. The lowest BCUT2D eigenvalue weighted by Crippen LogP contribution is -1.88. The summed E-state index contributed by atoms with van der Waals surface area (Å²) in [6.45, 7) is 5.72. The van der Waals surface area contributed by atoms with Gasteiger partial charge in [0, 0.05) is 18.9 Å². The molecule has 0 bridgehead atoms.